The Morgan fingerprint density at radius 3 is 2.34 bits per heavy atom. The highest BCUT2D eigenvalue weighted by Gasteiger charge is 2.74. The van der Waals surface area contributed by atoms with E-state index in [9.17, 15) is 19.2 Å². The number of fused-ring (bicyclic) bond motifs is 1. The van der Waals surface area contributed by atoms with E-state index in [0.717, 1.165) is 10.0 Å². The van der Waals surface area contributed by atoms with Gasteiger partial charge < -0.3 is 18.9 Å². The first kappa shape index (κ1) is 24.8. The van der Waals surface area contributed by atoms with Crippen LogP contribution in [0, 0.1) is 5.41 Å². The fourth-order valence-corrected chi connectivity index (χ4v) is 5.01. The molecule has 0 N–H and O–H groups in total. The summed E-state index contributed by atoms with van der Waals surface area (Å²) in [6.45, 7) is 8.32. The monoisotopic (exact) mass is 506 g/mol. The van der Waals surface area contributed by atoms with Crippen LogP contribution >= 0.6 is 11.6 Å². The average Bonchev–Trinajstić information content (AvgIpc) is 3.27. The van der Waals surface area contributed by atoms with E-state index < -0.39 is 53.8 Å². The molecule has 3 aliphatic rings. The molecule has 11 heteroatoms. The van der Waals surface area contributed by atoms with Gasteiger partial charge in [0, 0.05) is 5.02 Å². The summed E-state index contributed by atoms with van der Waals surface area (Å²) in [5, 5.41) is 2.26. The van der Waals surface area contributed by atoms with Crippen molar-refractivity contribution in [2.45, 2.75) is 65.5 Å². The maximum absolute atomic E-state index is 14.2. The molecule has 0 radical (unpaired) electrons. The van der Waals surface area contributed by atoms with Crippen LogP contribution in [0.25, 0.3) is 0 Å². The van der Waals surface area contributed by atoms with Gasteiger partial charge in [-0.05, 0) is 59.2 Å². The molecule has 2 amide bonds. The normalized spacial score (nSPS) is 24.5. The van der Waals surface area contributed by atoms with Gasteiger partial charge in [-0.15, -0.1) is 0 Å². The van der Waals surface area contributed by atoms with Gasteiger partial charge in [-0.1, -0.05) is 17.7 Å². The maximum Gasteiger partial charge on any atom is 0.432 e. The zero-order chi connectivity index (χ0) is 25.7. The van der Waals surface area contributed by atoms with E-state index in [2.05, 4.69) is 0 Å². The summed E-state index contributed by atoms with van der Waals surface area (Å²) in [6, 6.07) is 3.48. The van der Waals surface area contributed by atoms with Crippen LogP contribution in [0.15, 0.2) is 29.8 Å². The average molecular weight is 507 g/mol. The number of hydrogen-bond donors (Lipinski definition) is 0. The molecule has 0 saturated carbocycles. The standard InChI is InChI=1S/C24H27ClN2O8/c1-6-32-20(29)16-8-10-18-24(16)19(28)15-11-14(25)7-9-17(15)35-21(24)27(23(31)34-13(4)5)26(18)22(30)33-12(2)3/h7-9,11-13,18,21H,6,10H2,1-5H3/t18-,21-,24+/m1/s1. The van der Waals surface area contributed by atoms with E-state index in [0.29, 0.717) is 0 Å². The summed E-state index contributed by atoms with van der Waals surface area (Å²) in [6.07, 6.45) is -2.63. The van der Waals surface area contributed by atoms with Gasteiger partial charge in [0.1, 0.15) is 11.2 Å². The van der Waals surface area contributed by atoms with Crippen LogP contribution < -0.4 is 4.74 Å². The summed E-state index contributed by atoms with van der Waals surface area (Å²) in [7, 11) is 0. The summed E-state index contributed by atoms with van der Waals surface area (Å²) in [5.41, 5.74) is -1.63. The Labute approximate surface area is 207 Å². The van der Waals surface area contributed by atoms with Crippen molar-refractivity contribution in [3.8, 4) is 5.75 Å². The van der Waals surface area contributed by atoms with Gasteiger partial charge in [-0.3, -0.25) is 4.79 Å². The van der Waals surface area contributed by atoms with Gasteiger partial charge in [-0.25, -0.2) is 19.4 Å². The smallest absolute Gasteiger partial charge is 0.432 e. The zero-order valence-electron chi connectivity index (χ0n) is 20.1. The first-order valence-corrected chi connectivity index (χ1v) is 11.8. The number of hydrazine groups is 1. The summed E-state index contributed by atoms with van der Waals surface area (Å²) in [5.74, 6) is -1.10. The van der Waals surface area contributed by atoms with Crippen molar-refractivity contribution in [1.82, 2.24) is 10.0 Å². The molecule has 188 valence electrons. The van der Waals surface area contributed by atoms with Crippen molar-refractivity contribution in [2.75, 3.05) is 6.61 Å². The highest BCUT2D eigenvalue weighted by atomic mass is 35.5. The predicted molar refractivity (Wildman–Crippen MR) is 123 cm³/mol. The van der Waals surface area contributed by atoms with Crippen LogP contribution in [0.1, 0.15) is 51.4 Å². The van der Waals surface area contributed by atoms with Crippen molar-refractivity contribution in [3.63, 3.8) is 0 Å². The second-order valence-electron chi connectivity index (χ2n) is 8.95. The molecule has 1 saturated heterocycles. The molecule has 2 aliphatic heterocycles. The second-order valence-corrected chi connectivity index (χ2v) is 9.39. The molecule has 35 heavy (non-hydrogen) atoms. The molecule has 3 atom stereocenters. The number of halogens is 1. The van der Waals surface area contributed by atoms with Crippen molar-refractivity contribution in [1.29, 1.82) is 0 Å². The van der Waals surface area contributed by atoms with Crippen molar-refractivity contribution >= 4 is 35.5 Å². The van der Waals surface area contributed by atoms with E-state index in [4.69, 9.17) is 30.5 Å². The predicted octanol–water partition coefficient (Wildman–Crippen LogP) is 4.11. The molecule has 1 fully saturated rings. The van der Waals surface area contributed by atoms with Gasteiger partial charge >= 0.3 is 18.2 Å². The summed E-state index contributed by atoms with van der Waals surface area (Å²) in [4.78, 5) is 53.9. The first-order chi connectivity index (χ1) is 16.5. The number of benzene rings is 1. The second kappa shape index (κ2) is 9.07. The lowest BCUT2D eigenvalue weighted by Gasteiger charge is -2.39. The maximum atomic E-state index is 14.2. The minimum absolute atomic E-state index is 0.00664. The van der Waals surface area contributed by atoms with E-state index in [1.807, 2.05) is 0 Å². The van der Waals surface area contributed by atoms with Crippen molar-refractivity contribution in [3.05, 3.63) is 40.4 Å². The fraction of sp³-hybridized carbons (Fsp3) is 0.500. The number of rotatable bonds is 4. The van der Waals surface area contributed by atoms with Crippen molar-refractivity contribution in [2.24, 2.45) is 5.41 Å². The number of amides is 2. The minimum atomic E-state index is -1.77. The van der Waals surface area contributed by atoms with Crippen LogP contribution in [0.2, 0.25) is 5.02 Å². The Morgan fingerprint density at radius 1 is 1.11 bits per heavy atom. The lowest BCUT2D eigenvalue weighted by atomic mass is 9.69. The molecule has 0 aromatic heterocycles. The van der Waals surface area contributed by atoms with Crippen LogP contribution in [0.5, 0.6) is 5.75 Å². The van der Waals surface area contributed by atoms with Gasteiger partial charge in [0.25, 0.3) is 0 Å². The lowest BCUT2D eigenvalue weighted by molar-refractivity contribution is -0.140. The number of ether oxygens (including phenoxy) is 4. The molecular weight excluding hydrogens is 480 g/mol. The Morgan fingerprint density at radius 2 is 1.74 bits per heavy atom. The zero-order valence-corrected chi connectivity index (χ0v) is 20.8. The van der Waals surface area contributed by atoms with Gasteiger partial charge in [0.05, 0.1) is 36.0 Å². The first-order valence-electron chi connectivity index (χ1n) is 11.4. The number of nitrogens with zero attached hydrogens (tertiary/aromatic N) is 2. The fourth-order valence-electron chi connectivity index (χ4n) is 4.84. The Balaban J connectivity index is 1.94. The number of Topliss-reactive ketones (excluding diaryl/α,β-unsaturated/α-hetero) is 1. The van der Waals surface area contributed by atoms with Gasteiger partial charge in [0.15, 0.2) is 5.78 Å². The Hall–Kier alpha value is -3.27. The van der Waals surface area contributed by atoms with Gasteiger partial charge in [-0.2, -0.15) is 5.01 Å². The Kier molecular flexibility index (Phi) is 6.44. The number of carbonyl (C=O) groups excluding carboxylic acids is 4. The molecule has 1 spiro atoms. The molecular formula is C24H27ClN2O8. The largest absolute Gasteiger partial charge is 0.466 e. The summed E-state index contributed by atoms with van der Waals surface area (Å²) < 4.78 is 22.3. The van der Waals surface area contributed by atoms with E-state index in [1.54, 1.807) is 40.7 Å². The molecule has 0 unspecified atom stereocenters. The van der Waals surface area contributed by atoms with Crippen LogP contribution in [0.3, 0.4) is 0 Å². The topological polar surface area (TPSA) is 112 Å². The highest BCUT2D eigenvalue weighted by Crippen LogP contribution is 2.58. The molecule has 4 rings (SSSR count). The van der Waals surface area contributed by atoms with Crippen molar-refractivity contribution < 1.29 is 38.1 Å². The highest BCUT2D eigenvalue weighted by molar-refractivity contribution is 6.31. The van der Waals surface area contributed by atoms with E-state index in [-0.39, 0.29) is 34.9 Å². The molecule has 2 heterocycles. The minimum Gasteiger partial charge on any atom is -0.466 e. The number of ketones is 1. The number of carbonyl (C=O) groups is 4. The van der Waals surface area contributed by atoms with E-state index >= 15 is 0 Å². The quantitative estimate of drug-likeness (QED) is 0.443. The Bertz CT molecular complexity index is 1120. The molecule has 1 aromatic rings. The molecule has 0 bridgehead atoms. The van der Waals surface area contributed by atoms with Crippen LogP contribution in [0.4, 0.5) is 9.59 Å². The molecule has 1 aromatic carbocycles. The van der Waals surface area contributed by atoms with Crippen LogP contribution in [-0.2, 0) is 19.0 Å². The number of esters is 1. The molecule has 1 aliphatic carbocycles. The molecule has 10 nitrogen and oxygen atoms in total. The van der Waals surface area contributed by atoms with Crippen LogP contribution in [-0.4, -0.2) is 65.0 Å². The third kappa shape index (κ3) is 3.80. The SMILES string of the molecule is CCOC(=O)C1=CC[C@H]2N(C(=O)OC(C)C)N(C(=O)OC(C)C)[C@@H]3Oc4ccc(Cl)cc4C(=O)[C@]123. The van der Waals surface area contributed by atoms with Gasteiger partial charge in [0.2, 0.25) is 6.23 Å². The third-order valence-electron chi connectivity index (χ3n) is 6.00. The summed E-state index contributed by atoms with van der Waals surface area (Å²) >= 11 is 6.16. The van der Waals surface area contributed by atoms with E-state index in [1.165, 1.54) is 18.2 Å². The number of hydrogen-bond acceptors (Lipinski definition) is 8. The third-order valence-corrected chi connectivity index (χ3v) is 6.23. The lowest BCUT2D eigenvalue weighted by Crippen LogP contribution is -2.56.